The average Bonchev–Trinajstić information content (AvgIpc) is 2.88. The number of rotatable bonds is 6. The minimum Gasteiger partial charge on any atom is -0.486 e. The fraction of sp³-hybridized carbons (Fsp3) is 0.400. The molecule has 1 aromatic heterocycles. The molecule has 0 aliphatic heterocycles. The van der Waals surface area contributed by atoms with Crippen molar-refractivity contribution < 1.29 is 4.74 Å². The van der Waals surface area contributed by atoms with E-state index < -0.39 is 0 Å². The molecule has 2 rings (SSSR count). The molecular weight excluding hydrogens is 340 g/mol. The van der Waals surface area contributed by atoms with Gasteiger partial charge in [-0.15, -0.1) is 11.6 Å². The van der Waals surface area contributed by atoms with E-state index in [1.165, 1.54) is 0 Å². The van der Waals surface area contributed by atoms with Gasteiger partial charge in [0, 0.05) is 12.1 Å². The molecule has 20 heavy (non-hydrogen) atoms. The van der Waals surface area contributed by atoms with Gasteiger partial charge in [-0.2, -0.15) is 5.10 Å². The van der Waals surface area contributed by atoms with Crippen molar-refractivity contribution in [2.75, 3.05) is 0 Å². The standard InChI is InChI=1S/C15H18BrClN2O/c1-3-12-8-13(19(4-2)18-12)10-20-15-11(9-17)6-5-7-14(15)16/h5-8H,3-4,9-10H2,1-2H3. The molecule has 0 fully saturated rings. The van der Waals surface area contributed by atoms with Crippen LogP contribution < -0.4 is 4.74 Å². The zero-order valence-corrected chi connectivity index (χ0v) is 14.0. The van der Waals surface area contributed by atoms with Crippen LogP contribution in [-0.4, -0.2) is 9.78 Å². The number of nitrogens with zero attached hydrogens (tertiary/aromatic N) is 2. The third-order valence-corrected chi connectivity index (χ3v) is 4.04. The number of alkyl halides is 1. The Morgan fingerprint density at radius 1 is 1.35 bits per heavy atom. The summed E-state index contributed by atoms with van der Waals surface area (Å²) in [5.41, 5.74) is 3.16. The van der Waals surface area contributed by atoms with E-state index in [1.807, 2.05) is 22.9 Å². The van der Waals surface area contributed by atoms with Crippen LogP contribution in [0, 0.1) is 0 Å². The average molecular weight is 358 g/mol. The number of halogens is 2. The van der Waals surface area contributed by atoms with E-state index in [9.17, 15) is 0 Å². The highest BCUT2D eigenvalue weighted by molar-refractivity contribution is 9.10. The molecule has 0 aliphatic carbocycles. The Bertz CT molecular complexity index is 583. The molecule has 0 aliphatic rings. The Morgan fingerprint density at radius 3 is 2.80 bits per heavy atom. The fourth-order valence-electron chi connectivity index (χ4n) is 2.04. The summed E-state index contributed by atoms with van der Waals surface area (Å²) in [6, 6.07) is 7.99. The highest BCUT2D eigenvalue weighted by Crippen LogP contribution is 2.30. The Balaban J connectivity index is 2.18. The van der Waals surface area contributed by atoms with Gasteiger partial charge in [0.15, 0.2) is 0 Å². The van der Waals surface area contributed by atoms with Crippen LogP contribution in [0.4, 0.5) is 0 Å². The largest absolute Gasteiger partial charge is 0.486 e. The van der Waals surface area contributed by atoms with E-state index in [1.54, 1.807) is 0 Å². The van der Waals surface area contributed by atoms with E-state index in [2.05, 4.69) is 40.9 Å². The maximum absolute atomic E-state index is 5.95. The summed E-state index contributed by atoms with van der Waals surface area (Å²) in [6.45, 7) is 5.52. The van der Waals surface area contributed by atoms with Gasteiger partial charge in [-0.05, 0) is 41.4 Å². The summed E-state index contributed by atoms with van der Waals surface area (Å²) in [6.07, 6.45) is 0.933. The van der Waals surface area contributed by atoms with E-state index in [0.29, 0.717) is 12.5 Å². The molecule has 0 spiro atoms. The summed E-state index contributed by atoms with van der Waals surface area (Å²) in [4.78, 5) is 0. The molecule has 1 heterocycles. The lowest BCUT2D eigenvalue weighted by atomic mass is 10.2. The van der Waals surface area contributed by atoms with Crippen molar-refractivity contribution in [3.8, 4) is 5.75 Å². The zero-order chi connectivity index (χ0) is 14.5. The van der Waals surface area contributed by atoms with Gasteiger partial charge in [-0.3, -0.25) is 4.68 Å². The molecule has 0 saturated heterocycles. The SMILES string of the molecule is CCc1cc(COc2c(Br)cccc2CCl)n(CC)n1. The Morgan fingerprint density at radius 2 is 2.15 bits per heavy atom. The lowest BCUT2D eigenvalue weighted by Crippen LogP contribution is -2.07. The molecule has 0 unspecified atom stereocenters. The first-order chi connectivity index (χ1) is 9.69. The Kier molecular flexibility index (Phi) is 5.49. The predicted molar refractivity (Wildman–Crippen MR) is 85.3 cm³/mol. The van der Waals surface area contributed by atoms with Gasteiger partial charge >= 0.3 is 0 Å². The third-order valence-electron chi connectivity index (χ3n) is 3.13. The van der Waals surface area contributed by atoms with Crippen LogP contribution in [0.3, 0.4) is 0 Å². The summed E-state index contributed by atoms with van der Waals surface area (Å²) < 4.78 is 8.86. The number of benzene rings is 1. The topological polar surface area (TPSA) is 27.1 Å². The molecule has 2 aromatic rings. The fourth-order valence-corrected chi connectivity index (χ4v) is 2.78. The van der Waals surface area contributed by atoms with Crippen LogP contribution in [0.1, 0.15) is 30.8 Å². The zero-order valence-electron chi connectivity index (χ0n) is 11.7. The van der Waals surface area contributed by atoms with Crippen LogP contribution in [0.5, 0.6) is 5.75 Å². The van der Waals surface area contributed by atoms with Gasteiger partial charge < -0.3 is 4.74 Å². The minimum absolute atomic E-state index is 0.433. The van der Waals surface area contributed by atoms with Gasteiger partial charge in [-0.25, -0.2) is 0 Å². The molecule has 1 aromatic carbocycles. The smallest absolute Gasteiger partial charge is 0.138 e. The highest BCUT2D eigenvalue weighted by Gasteiger charge is 2.10. The minimum atomic E-state index is 0.433. The van der Waals surface area contributed by atoms with Crippen LogP contribution in [-0.2, 0) is 25.5 Å². The van der Waals surface area contributed by atoms with E-state index in [0.717, 1.165) is 40.1 Å². The molecule has 0 N–H and O–H groups in total. The van der Waals surface area contributed by atoms with Crippen molar-refractivity contribution in [3.63, 3.8) is 0 Å². The number of hydrogen-bond donors (Lipinski definition) is 0. The monoisotopic (exact) mass is 356 g/mol. The van der Waals surface area contributed by atoms with E-state index in [-0.39, 0.29) is 0 Å². The first-order valence-electron chi connectivity index (χ1n) is 6.71. The van der Waals surface area contributed by atoms with Gasteiger partial charge in [0.25, 0.3) is 0 Å². The number of aromatic nitrogens is 2. The van der Waals surface area contributed by atoms with E-state index in [4.69, 9.17) is 16.3 Å². The molecule has 3 nitrogen and oxygen atoms in total. The van der Waals surface area contributed by atoms with Gasteiger partial charge in [0.1, 0.15) is 12.4 Å². The van der Waals surface area contributed by atoms with Crippen LogP contribution >= 0.6 is 27.5 Å². The Hall–Kier alpha value is -1.00. The molecule has 5 heteroatoms. The second-order valence-corrected chi connectivity index (χ2v) is 5.57. The second kappa shape index (κ2) is 7.14. The van der Waals surface area contributed by atoms with Crippen molar-refractivity contribution in [1.82, 2.24) is 9.78 Å². The molecule has 0 atom stereocenters. The van der Waals surface area contributed by atoms with E-state index >= 15 is 0 Å². The summed E-state index contributed by atoms with van der Waals surface area (Å²) >= 11 is 9.46. The highest BCUT2D eigenvalue weighted by atomic mass is 79.9. The number of aryl methyl sites for hydroxylation is 2. The van der Waals surface area contributed by atoms with Gasteiger partial charge in [0.05, 0.1) is 21.7 Å². The summed E-state index contributed by atoms with van der Waals surface area (Å²) in [7, 11) is 0. The third kappa shape index (κ3) is 3.36. The summed E-state index contributed by atoms with van der Waals surface area (Å²) in [5, 5.41) is 4.52. The second-order valence-electron chi connectivity index (χ2n) is 4.45. The molecular formula is C15H18BrClN2O. The number of hydrogen-bond acceptors (Lipinski definition) is 2. The summed E-state index contributed by atoms with van der Waals surface area (Å²) in [5.74, 6) is 1.24. The molecule has 0 saturated carbocycles. The maximum Gasteiger partial charge on any atom is 0.138 e. The predicted octanol–water partition coefficient (Wildman–Crippen LogP) is 4.55. The van der Waals surface area contributed by atoms with Crippen molar-refractivity contribution in [2.45, 2.75) is 39.3 Å². The quantitative estimate of drug-likeness (QED) is 0.709. The number of para-hydroxylation sites is 1. The van der Waals surface area contributed by atoms with Crippen LogP contribution in [0.15, 0.2) is 28.7 Å². The number of ether oxygens (including phenoxy) is 1. The molecule has 0 radical (unpaired) electrons. The molecule has 108 valence electrons. The normalized spacial score (nSPS) is 10.8. The first-order valence-corrected chi connectivity index (χ1v) is 8.04. The Labute approximate surface area is 133 Å². The van der Waals surface area contributed by atoms with Crippen LogP contribution in [0.25, 0.3) is 0 Å². The van der Waals surface area contributed by atoms with Crippen molar-refractivity contribution >= 4 is 27.5 Å². The van der Waals surface area contributed by atoms with Gasteiger partial charge in [-0.1, -0.05) is 19.1 Å². The van der Waals surface area contributed by atoms with Crippen molar-refractivity contribution in [3.05, 3.63) is 45.7 Å². The van der Waals surface area contributed by atoms with Gasteiger partial charge in [0.2, 0.25) is 0 Å². The lowest BCUT2D eigenvalue weighted by molar-refractivity contribution is 0.288. The van der Waals surface area contributed by atoms with Crippen molar-refractivity contribution in [1.29, 1.82) is 0 Å². The molecule has 0 amide bonds. The van der Waals surface area contributed by atoms with Crippen molar-refractivity contribution in [2.24, 2.45) is 0 Å². The molecule has 0 bridgehead atoms. The lowest BCUT2D eigenvalue weighted by Gasteiger charge is -2.12. The first kappa shape index (κ1) is 15.4. The van der Waals surface area contributed by atoms with Crippen LogP contribution in [0.2, 0.25) is 0 Å². The maximum atomic E-state index is 5.95.